The summed E-state index contributed by atoms with van der Waals surface area (Å²) in [6, 6.07) is -2.98. The molecular formula is C36H58N2O22-2. The van der Waals surface area contributed by atoms with Gasteiger partial charge in [0.05, 0.1) is 42.9 Å². The number of ether oxygens (including phenoxy) is 8. The van der Waals surface area contributed by atoms with Crippen molar-refractivity contribution in [3.05, 3.63) is 0 Å². The summed E-state index contributed by atoms with van der Waals surface area (Å²) in [6.45, 7) is 10.2. The monoisotopic (exact) mass is 870 g/mol. The third kappa shape index (κ3) is 11.2. The van der Waals surface area contributed by atoms with Gasteiger partial charge in [-0.1, -0.05) is 20.8 Å². The second-order valence-electron chi connectivity index (χ2n) is 17.3. The van der Waals surface area contributed by atoms with Crippen molar-refractivity contribution in [1.82, 2.24) is 10.6 Å². The van der Waals surface area contributed by atoms with Crippen LogP contribution in [-0.4, -0.2) is 206 Å². The van der Waals surface area contributed by atoms with E-state index in [1.54, 1.807) is 20.8 Å². The molecule has 4 aliphatic heterocycles. The van der Waals surface area contributed by atoms with Crippen molar-refractivity contribution < 1.29 is 108 Å². The van der Waals surface area contributed by atoms with Crippen LogP contribution in [0.15, 0.2) is 0 Å². The Labute approximate surface area is 344 Å². The van der Waals surface area contributed by atoms with Gasteiger partial charge in [-0.25, -0.2) is 0 Å². The molecule has 4 fully saturated rings. The number of carboxylic acids is 2. The second-order valence-corrected chi connectivity index (χ2v) is 17.3. The normalized spacial score (nSPS) is 42.9. The van der Waals surface area contributed by atoms with E-state index < -0.39 is 170 Å². The van der Waals surface area contributed by atoms with E-state index >= 15 is 0 Å². The highest BCUT2D eigenvalue weighted by Gasteiger charge is 2.57. The molecule has 24 heteroatoms. The van der Waals surface area contributed by atoms with Crippen molar-refractivity contribution in [2.24, 2.45) is 5.41 Å². The average Bonchev–Trinajstić information content (AvgIpc) is 3.12. The summed E-state index contributed by atoms with van der Waals surface area (Å²) in [4.78, 5) is 49.5. The molecule has 24 nitrogen and oxygen atoms in total. The molecule has 0 bridgehead atoms. The van der Waals surface area contributed by atoms with Gasteiger partial charge in [0.2, 0.25) is 11.8 Å². The van der Waals surface area contributed by atoms with Gasteiger partial charge in [0.1, 0.15) is 91.5 Å². The van der Waals surface area contributed by atoms with E-state index in [0.29, 0.717) is 0 Å². The first-order chi connectivity index (χ1) is 27.7. The predicted molar refractivity (Wildman–Crippen MR) is 189 cm³/mol. The molecule has 20 unspecified atom stereocenters. The van der Waals surface area contributed by atoms with Crippen molar-refractivity contribution in [1.29, 1.82) is 0 Å². The molecule has 4 aliphatic rings. The minimum atomic E-state index is -2.36. The predicted octanol–water partition coefficient (Wildman–Crippen LogP) is -8.03. The van der Waals surface area contributed by atoms with Crippen LogP contribution < -0.4 is 20.8 Å². The van der Waals surface area contributed by atoms with E-state index in [0.717, 1.165) is 6.92 Å². The van der Waals surface area contributed by atoms with Gasteiger partial charge in [-0.2, -0.15) is 0 Å². The minimum Gasteiger partial charge on any atom is -0.547 e. The molecule has 4 heterocycles. The van der Waals surface area contributed by atoms with Crippen molar-refractivity contribution in [3.8, 4) is 0 Å². The van der Waals surface area contributed by atoms with Gasteiger partial charge in [-0.05, 0) is 26.2 Å². The molecule has 0 aromatic carbocycles. The molecule has 4 saturated heterocycles. The summed E-state index contributed by atoms with van der Waals surface area (Å²) in [6.07, 6.45) is -34.2. The van der Waals surface area contributed by atoms with E-state index in [1.165, 1.54) is 27.7 Å². The molecule has 0 aromatic rings. The number of carbonyl (C=O) groups excluding carboxylic acids is 4. The van der Waals surface area contributed by atoms with E-state index in [2.05, 4.69) is 10.6 Å². The van der Waals surface area contributed by atoms with E-state index in [1.807, 2.05) is 0 Å². The van der Waals surface area contributed by atoms with Crippen LogP contribution in [0.3, 0.4) is 0 Å². The highest BCUT2D eigenvalue weighted by molar-refractivity contribution is 5.74. The van der Waals surface area contributed by atoms with E-state index in [9.17, 15) is 70.2 Å². The quantitative estimate of drug-likeness (QED) is 0.0821. The van der Waals surface area contributed by atoms with Gasteiger partial charge in [0.25, 0.3) is 0 Å². The van der Waals surface area contributed by atoms with Crippen molar-refractivity contribution in [3.63, 3.8) is 0 Å². The lowest BCUT2D eigenvalue weighted by molar-refractivity contribution is -0.386. The van der Waals surface area contributed by atoms with Gasteiger partial charge < -0.3 is 109 Å². The third-order valence-corrected chi connectivity index (χ3v) is 10.3. The van der Waals surface area contributed by atoms with Crippen LogP contribution in [0.25, 0.3) is 0 Å². The standard InChI is InChI=1S/C36H60N2O22/c1-11(41)37-15-23(17(43)13(9-39)53-29(15)35(3,4)5)55-33-21(47)19(45)25(27(58-33)30(49)50)57-32-16(38-12(2)42)24(18(44)14(10-40)54-32)56-34-22(48)20(46)26(60-36(6,7)8)28(59-34)31(51)52/h13-29,32-34,39-40,43-48H,9-10H2,1-8H3,(H,37,41)(H,38,42)(H,49,50)(H,51,52)/p-2. The van der Waals surface area contributed by atoms with Crippen molar-refractivity contribution >= 4 is 23.8 Å². The van der Waals surface area contributed by atoms with E-state index in [-0.39, 0.29) is 0 Å². The van der Waals surface area contributed by atoms with Crippen LogP contribution >= 0.6 is 0 Å². The Balaban J connectivity index is 1.65. The van der Waals surface area contributed by atoms with Crippen molar-refractivity contribution in [2.75, 3.05) is 13.2 Å². The van der Waals surface area contributed by atoms with Crippen LogP contribution in [0, 0.1) is 5.41 Å². The summed E-state index contributed by atoms with van der Waals surface area (Å²) in [5.74, 6) is -5.40. The molecule has 60 heavy (non-hydrogen) atoms. The first kappa shape index (κ1) is 49.9. The number of aliphatic hydroxyl groups is 8. The summed E-state index contributed by atoms with van der Waals surface area (Å²) >= 11 is 0. The van der Waals surface area contributed by atoms with Crippen LogP contribution in [-0.2, 0) is 57.1 Å². The number of carbonyl (C=O) groups is 4. The molecule has 2 amide bonds. The Hall–Kier alpha value is -2.76. The molecule has 346 valence electrons. The van der Waals surface area contributed by atoms with Gasteiger partial charge in [-0.15, -0.1) is 0 Å². The van der Waals surface area contributed by atoms with Crippen LogP contribution in [0.1, 0.15) is 55.4 Å². The minimum absolute atomic E-state index is 0.597. The fourth-order valence-electron chi connectivity index (χ4n) is 7.57. The zero-order valence-electron chi connectivity index (χ0n) is 34.3. The molecule has 4 rings (SSSR count). The lowest BCUT2D eigenvalue weighted by Crippen LogP contribution is -2.71. The number of amides is 2. The van der Waals surface area contributed by atoms with Crippen LogP contribution in [0.4, 0.5) is 0 Å². The smallest absolute Gasteiger partial charge is 0.217 e. The molecule has 0 aliphatic carbocycles. The topological polar surface area (TPSA) is 374 Å². The molecular weight excluding hydrogens is 812 g/mol. The maximum absolute atomic E-state index is 12.6. The number of hydrogen-bond donors (Lipinski definition) is 10. The summed E-state index contributed by atoms with van der Waals surface area (Å²) in [7, 11) is 0. The number of aliphatic carboxylic acids is 2. The SMILES string of the molecule is CC(=O)NC1C(OC2C(C(=O)[O-])OC(OC3C(O)C(CO)OC(C(C)(C)C)C3NC(C)=O)C(O)C2O)OC(CO)C(O)C1OC1OC(C(=O)[O-])C(OC(C)(C)C)C(O)C1O. The first-order valence-electron chi connectivity index (χ1n) is 19.2. The van der Waals surface area contributed by atoms with Gasteiger partial charge in [0.15, 0.2) is 18.9 Å². The number of nitrogens with one attached hydrogen (secondary N) is 2. The molecule has 0 radical (unpaired) electrons. The maximum atomic E-state index is 12.6. The molecule has 0 saturated carbocycles. The highest BCUT2D eigenvalue weighted by atomic mass is 16.8. The van der Waals surface area contributed by atoms with E-state index in [4.69, 9.17) is 37.9 Å². The Morgan fingerprint density at radius 2 is 0.950 bits per heavy atom. The summed E-state index contributed by atoms with van der Waals surface area (Å²) < 4.78 is 45.6. The Morgan fingerprint density at radius 1 is 0.550 bits per heavy atom. The van der Waals surface area contributed by atoms with Gasteiger partial charge >= 0.3 is 0 Å². The highest BCUT2D eigenvalue weighted by Crippen LogP contribution is 2.38. The van der Waals surface area contributed by atoms with Crippen LogP contribution in [0.5, 0.6) is 0 Å². The Morgan fingerprint density at radius 3 is 1.37 bits per heavy atom. The summed E-state index contributed by atoms with van der Waals surface area (Å²) in [5.41, 5.74) is -1.83. The zero-order valence-corrected chi connectivity index (χ0v) is 34.3. The third-order valence-electron chi connectivity index (χ3n) is 10.3. The molecule has 20 atom stereocenters. The molecule has 10 N–H and O–H groups in total. The second kappa shape index (κ2) is 19.7. The Kier molecular flexibility index (Phi) is 16.4. The zero-order chi connectivity index (χ0) is 45.3. The average molecular weight is 871 g/mol. The van der Waals surface area contributed by atoms with Crippen LogP contribution in [0.2, 0.25) is 0 Å². The maximum Gasteiger partial charge on any atom is 0.217 e. The fourth-order valence-corrected chi connectivity index (χ4v) is 7.57. The number of rotatable bonds is 13. The molecule has 0 spiro atoms. The summed E-state index contributed by atoms with van der Waals surface area (Å²) in [5, 5.41) is 117. The number of carboxylic acid groups (broad SMARTS) is 2. The molecule has 0 aromatic heterocycles. The largest absolute Gasteiger partial charge is 0.547 e. The number of aliphatic hydroxyl groups excluding tert-OH is 8. The lowest BCUT2D eigenvalue weighted by Gasteiger charge is -2.52. The van der Waals surface area contributed by atoms with Gasteiger partial charge in [-0.3, -0.25) is 9.59 Å². The number of hydrogen-bond acceptors (Lipinski definition) is 22. The Bertz CT molecular complexity index is 1490. The van der Waals surface area contributed by atoms with Gasteiger partial charge in [0, 0.05) is 13.8 Å². The van der Waals surface area contributed by atoms with Crippen molar-refractivity contribution in [2.45, 2.75) is 184 Å². The first-order valence-corrected chi connectivity index (χ1v) is 19.2. The lowest BCUT2D eigenvalue weighted by atomic mass is 9.78. The fraction of sp³-hybridized carbons (Fsp3) is 0.889.